The van der Waals surface area contributed by atoms with Crippen LogP contribution in [0, 0.1) is 13.8 Å². The lowest BCUT2D eigenvalue weighted by atomic mass is 10.1. The smallest absolute Gasteiger partial charge is 0.464 e. The van der Waals surface area contributed by atoms with E-state index in [0.717, 1.165) is 13.2 Å². The van der Waals surface area contributed by atoms with E-state index in [9.17, 15) is 22.8 Å². The normalized spacial score (nSPS) is 13.4. The van der Waals surface area contributed by atoms with Crippen molar-refractivity contribution in [2.45, 2.75) is 25.7 Å². The number of carbonyl (C=O) groups is 2. The van der Waals surface area contributed by atoms with Gasteiger partial charge in [-0.25, -0.2) is 15.1 Å². The molecule has 0 aliphatic rings. The summed E-state index contributed by atoms with van der Waals surface area (Å²) < 4.78 is 46.6. The van der Waals surface area contributed by atoms with Gasteiger partial charge in [-0.15, -0.1) is 0 Å². The van der Waals surface area contributed by atoms with Gasteiger partial charge in [0.15, 0.2) is 0 Å². The molecule has 6 nitrogen and oxygen atoms in total. The number of methoxy groups -OCH3 is 1. The maximum Gasteiger partial charge on any atom is 0.464 e. The Balaban J connectivity index is 2.56. The Labute approximate surface area is 174 Å². The van der Waals surface area contributed by atoms with E-state index in [0.29, 0.717) is 11.3 Å². The highest BCUT2D eigenvalue weighted by atomic mass is 35.5. The number of amides is 1. The third-order valence-corrected chi connectivity index (χ3v) is 4.41. The number of aryl methyl sites for hydroxylation is 2. The van der Waals surface area contributed by atoms with Crippen LogP contribution in [0.5, 0.6) is 0 Å². The Morgan fingerprint density at radius 2 is 1.76 bits per heavy atom. The van der Waals surface area contributed by atoms with E-state index in [4.69, 9.17) is 23.2 Å². The van der Waals surface area contributed by atoms with Crippen LogP contribution in [0.15, 0.2) is 30.3 Å². The molecule has 0 saturated heterocycles. The van der Waals surface area contributed by atoms with Crippen LogP contribution in [0.4, 0.5) is 19.0 Å². The summed E-state index contributed by atoms with van der Waals surface area (Å²) in [7, 11) is 0.775. The fraction of sp³-hybridized carbons (Fsp3) is 0.278. The molecule has 2 rings (SSSR count). The fourth-order valence-corrected chi connectivity index (χ4v) is 3.11. The monoisotopic (exact) mass is 450 g/mol. The van der Waals surface area contributed by atoms with Crippen LogP contribution in [0.3, 0.4) is 0 Å². The summed E-state index contributed by atoms with van der Waals surface area (Å²) in [5.41, 5.74) is -2.74. The number of anilines is 1. The minimum absolute atomic E-state index is 0.160. The van der Waals surface area contributed by atoms with Gasteiger partial charge in [0.1, 0.15) is 0 Å². The first-order chi connectivity index (χ1) is 13.4. The van der Waals surface area contributed by atoms with E-state index in [1.165, 1.54) is 18.2 Å². The maximum absolute atomic E-state index is 14.1. The average molecular weight is 451 g/mol. The zero-order valence-corrected chi connectivity index (χ0v) is 17.0. The van der Waals surface area contributed by atoms with Crippen molar-refractivity contribution in [1.29, 1.82) is 0 Å². The molecule has 0 unspecified atom stereocenters. The molecule has 0 bridgehead atoms. The number of halogens is 5. The molecule has 156 valence electrons. The Kier molecular flexibility index (Phi) is 6.64. The quantitative estimate of drug-likeness (QED) is 0.537. The number of hydrogen-bond acceptors (Lipinski definition) is 4. The first kappa shape index (κ1) is 22.8. The van der Waals surface area contributed by atoms with Crippen molar-refractivity contribution in [3.8, 4) is 0 Å². The lowest BCUT2D eigenvalue weighted by Crippen LogP contribution is -2.69. The van der Waals surface area contributed by atoms with Crippen LogP contribution in [0.25, 0.3) is 0 Å². The number of ether oxygens (including phenoxy) is 1. The number of carbonyl (C=O) groups excluding carboxylic acids is 2. The number of H-pyrrole nitrogens is 1. The topological polar surface area (TPSA) is 81.6 Å². The summed E-state index contributed by atoms with van der Waals surface area (Å²) in [6.45, 7) is 3.28. The van der Waals surface area contributed by atoms with Crippen molar-refractivity contribution in [1.82, 2.24) is 5.32 Å². The maximum atomic E-state index is 14.1. The third kappa shape index (κ3) is 4.91. The molecule has 1 amide bonds. The Hall–Kier alpha value is -2.52. The first-order valence-electron chi connectivity index (χ1n) is 8.11. The van der Waals surface area contributed by atoms with Gasteiger partial charge in [-0.3, -0.25) is 10.1 Å². The number of esters is 1. The molecule has 1 aromatic heterocycles. The molecule has 1 atom stereocenters. The summed E-state index contributed by atoms with van der Waals surface area (Å²) in [6.07, 6.45) is -5.28. The largest absolute Gasteiger partial charge is 0.464 e. The van der Waals surface area contributed by atoms with Gasteiger partial charge in [0.25, 0.3) is 11.7 Å². The predicted octanol–water partition coefficient (Wildman–Crippen LogP) is 3.70. The first-order valence-corrected chi connectivity index (χ1v) is 8.86. The molecule has 29 heavy (non-hydrogen) atoms. The third-order valence-electron chi connectivity index (χ3n) is 3.86. The van der Waals surface area contributed by atoms with Crippen LogP contribution in [-0.4, -0.2) is 30.8 Å². The lowest BCUT2D eigenvalue weighted by molar-refractivity contribution is -0.372. The zero-order chi connectivity index (χ0) is 22.0. The summed E-state index contributed by atoms with van der Waals surface area (Å²) in [5, 5.41) is 3.73. The molecule has 0 fully saturated rings. The van der Waals surface area contributed by atoms with Gasteiger partial charge in [0, 0.05) is 11.1 Å². The highest BCUT2D eigenvalue weighted by Crippen LogP contribution is 2.33. The minimum atomic E-state index is -5.28. The van der Waals surface area contributed by atoms with Crippen LogP contribution in [0.2, 0.25) is 10.0 Å². The van der Waals surface area contributed by atoms with Crippen molar-refractivity contribution in [2.75, 3.05) is 12.4 Å². The van der Waals surface area contributed by atoms with Crippen molar-refractivity contribution >= 4 is 40.9 Å². The van der Waals surface area contributed by atoms with E-state index in [1.807, 2.05) is 5.32 Å². The van der Waals surface area contributed by atoms with Gasteiger partial charge in [-0.2, -0.15) is 13.2 Å². The average Bonchev–Trinajstić information content (AvgIpc) is 2.58. The molecular weight excluding hydrogens is 434 g/mol. The van der Waals surface area contributed by atoms with E-state index in [2.05, 4.69) is 9.72 Å². The van der Waals surface area contributed by atoms with Crippen molar-refractivity contribution in [3.63, 3.8) is 0 Å². The molecular formula is C18H17Cl2F3N3O3+. The Morgan fingerprint density at radius 1 is 1.10 bits per heavy atom. The second-order valence-electron chi connectivity index (χ2n) is 6.20. The summed E-state index contributed by atoms with van der Waals surface area (Å²) in [6, 6.07) is 6.64. The second-order valence-corrected chi connectivity index (χ2v) is 7.04. The van der Waals surface area contributed by atoms with Gasteiger partial charge in [0.2, 0.25) is 0 Å². The van der Waals surface area contributed by atoms with Gasteiger partial charge >= 0.3 is 17.8 Å². The molecule has 0 aliphatic carbocycles. The summed E-state index contributed by atoms with van der Waals surface area (Å²) in [4.78, 5) is 27.5. The second kappa shape index (κ2) is 8.46. The number of rotatable bonds is 5. The van der Waals surface area contributed by atoms with Crippen LogP contribution in [-0.2, 0) is 9.53 Å². The van der Waals surface area contributed by atoms with Crippen molar-refractivity contribution in [3.05, 3.63) is 57.2 Å². The van der Waals surface area contributed by atoms with Crippen LogP contribution < -0.4 is 15.6 Å². The number of benzene rings is 1. The highest BCUT2D eigenvalue weighted by molar-refractivity contribution is 6.36. The number of nitrogens with one attached hydrogen (secondary N) is 3. The fourth-order valence-electron chi connectivity index (χ4n) is 2.62. The number of aromatic amines is 1. The molecule has 3 N–H and O–H groups in total. The van der Waals surface area contributed by atoms with Crippen molar-refractivity contribution < 1.29 is 32.5 Å². The Morgan fingerprint density at radius 3 is 2.28 bits per heavy atom. The minimum Gasteiger partial charge on any atom is -0.464 e. The Bertz CT molecular complexity index is 933. The molecule has 0 saturated carbocycles. The van der Waals surface area contributed by atoms with Gasteiger partial charge in [-0.1, -0.05) is 23.2 Å². The van der Waals surface area contributed by atoms with Gasteiger partial charge < -0.3 is 4.74 Å². The molecule has 0 radical (unpaired) electrons. The number of alkyl halides is 3. The lowest BCUT2D eigenvalue weighted by Gasteiger charge is -2.30. The van der Waals surface area contributed by atoms with E-state index >= 15 is 0 Å². The summed E-state index contributed by atoms with van der Waals surface area (Å²) >= 11 is 11.7. The zero-order valence-electron chi connectivity index (χ0n) is 15.5. The SMILES string of the molecule is COC(=O)[C@@](NC(=O)c1ccc(Cl)cc1Cl)(Nc1cc(C)cc(C)[nH+]1)C(F)(F)F. The standard InChI is InChI=1S/C18H16Cl2F3N3O3/c1-9-6-10(2)24-14(7-9)25-17(16(28)29-3,18(21,22)23)26-15(27)12-5-4-11(19)8-13(12)20/h4-8H,1-3H3,(H,24,25)(H,26,27)/p+1/t17-/m0/s1. The molecule has 1 heterocycles. The highest BCUT2D eigenvalue weighted by Gasteiger charge is 2.67. The molecule has 1 aromatic carbocycles. The number of aromatic nitrogens is 1. The van der Waals surface area contributed by atoms with E-state index in [-0.39, 0.29) is 21.4 Å². The van der Waals surface area contributed by atoms with Crippen molar-refractivity contribution in [2.24, 2.45) is 0 Å². The molecule has 11 heteroatoms. The predicted molar refractivity (Wildman–Crippen MR) is 101 cm³/mol. The summed E-state index contributed by atoms with van der Waals surface area (Å²) in [5.74, 6) is -3.19. The molecule has 0 spiro atoms. The van der Waals surface area contributed by atoms with Gasteiger partial charge in [0.05, 0.1) is 23.4 Å². The number of pyridine rings is 1. The molecule has 0 aliphatic heterocycles. The van der Waals surface area contributed by atoms with Crippen LogP contribution >= 0.6 is 23.2 Å². The number of hydrogen-bond donors (Lipinski definition) is 2. The molecule has 2 aromatic rings. The van der Waals surface area contributed by atoms with Crippen LogP contribution in [0.1, 0.15) is 21.6 Å². The van der Waals surface area contributed by atoms with E-state index < -0.39 is 23.7 Å². The van der Waals surface area contributed by atoms with Gasteiger partial charge in [-0.05, 0) is 43.7 Å². The van der Waals surface area contributed by atoms with E-state index in [1.54, 1.807) is 25.2 Å².